The topological polar surface area (TPSA) is 22.4 Å². The zero-order chi connectivity index (χ0) is 13.2. The molecule has 0 radical (unpaired) electrons. The number of para-hydroxylation sites is 1. The number of fused-ring (bicyclic) bond motifs is 1. The van der Waals surface area contributed by atoms with E-state index in [-0.39, 0.29) is 5.38 Å². The fourth-order valence-corrected chi connectivity index (χ4v) is 2.33. The summed E-state index contributed by atoms with van der Waals surface area (Å²) >= 11 is 6.48. The number of rotatable bonds is 3. The van der Waals surface area contributed by atoms with Gasteiger partial charge in [0.05, 0.1) is 7.11 Å². The van der Waals surface area contributed by atoms with Crippen molar-refractivity contribution in [2.45, 2.75) is 5.38 Å². The molecule has 1 aromatic heterocycles. The maximum Gasteiger partial charge on any atom is 0.134 e. The van der Waals surface area contributed by atoms with Gasteiger partial charge in [-0.3, -0.25) is 0 Å². The third-order valence-electron chi connectivity index (χ3n) is 3.08. The molecule has 2 aromatic carbocycles. The first-order valence-corrected chi connectivity index (χ1v) is 6.48. The Morgan fingerprint density at radius 3 is 2.68 bits per heavy atom. The van der Waals surface area contributed by atoms with Crippen LogP contribution in [0, 0.1) is 0 Å². The average Bonchev–Trinajstić information content (AvgIpc) is 2.90. The predicted molar refractivity (Wildman–Crippen MR) is 76.9 cm³/mol. The maximum absolute atomic E-state index is 6.48. The molecule has 0 aliphatic rings. The van der Waals surface area contributed by atoms with Gasteiger partial charge in [-0.2, -0.15) is 0 Å². The van der Waals surface area contributed by atoms with E-state index in [0.29, 0.717) is 0 Å². The Balaban J connectivity index is 2.00. The quantitative estimate of drug-likeness (QED) is 0.641. The Hall–Kier alpha value is -1.93. The third-order valence-corrected chi connectivity index (χ3v) is 3.55. The summed E-state index contributed by atoms with van der Waals surface area (Å²) in [5.41, 5.74) is 1.81. The van der Waals surface area contributed by atoms with E-state index in [1.807, 2.05) is 54.6 Å². The first kappa shape index (κ1) is 12.1. The van der Waals surface area contributed by atoms with E-state index in [0.717, 1.165) is 28.0 Å². The zero-order valence-corrected chi connectivity index (χ0v) is 11.2. The molecule has 0 N–H and O–H groups in total. The molecule has 1 heterocycles. The summed E-state index contributed by atoms with van der Waals surface area (Å²) in [4.78, 5) is 0. The molecule has 19 heavy (non-hydrogen) atoms. The summed E-state index contributed by atoms with van der Waals surface area (Å²) < 4.78 is 11.0. The molecule has 1 unspecified atom stereocenters. The van der Waals surface area contributed by atoms with Crippen molar-refractivity contribution in [2.75, 3.05) is 7.11 Å². The number of benzene rings is 2. The highest BCUT2D eigenvalue weighted by Gasteiger charge is 2.16. The monoisotopic (exact) mass is 272 g/mol. The summed E-state index contributed by atoms with van der Waals surface area (Å²) in [6.07, 6.45) is 0. The number of halogens is 1. The van der Waals surface area contributed by atoms with Gasteiger partial charge in [-0.25, -0.2) is 0 Å². The van der Waals surface area contributed by atoms with E-state index < -0.39 is 0 Å². The summed E-state index contributed by atoms with van der Waals surface area (Å²) in [7, 11) is 1.64. The number of hydrogen-bond acceptors (Lipinski definition) is 2. The highest BCUT2D eigenvalue weighted by Crippen LogP contribution is 2.34. The molecule has 0 fully saturated rings. The van der Waals surface area contributed by atoms with Crippen molar-refractivity contribution in [3.05, 3.63) is 65.9 Å². The number of hydrogen-bond donors (Lipinski definition) is 0. The van der Waals surface area contributed by atoms with Crippen molar-refractivity contribution in [3.8, 4) is 5.75 Å². The largest absolute Gasteiger partial charge is 0.497 e. The number of ether oxygens (including phenoxy) is 1. The Bertz CT molecular complexity index is 670. The first-order chi connectivity index (χ1) is 9.28. The van der Waals surface area contributed by atoms with Crippen molar-refractivity contribution in [1.82, 2.24) is 0 Å². The van der Waals surface area contributed by atoms with E-state index >= 15 is 0 Å². The number of alkyl halides is 1. The fourth-order valence-electron chi connectivity index (χ4n) is 2.09. The van der Waals surface area contributed by atoms with Gasteiger partial charge in [0.1, 0.15) is 22.5 Å². The van der Waals surface area contributed by atoms with Gasteiger partial charge in [-0.05, 0) is 29.8 Å². The summed E-state index contributed by atoms with van der Waals surface area (Å²) in [6, 6.07) is 17.6. The second kappa shape index (κ2) is 4.98. The SMILES string of the molecule is COc1cccc(C(Cl)c2cc3ccccc3o2)c1. The Morgan fingerprint density at radius 1 is 1.05 bits per heavy atom. The summed E-state index contributed by atoms with van der Waals surface area (Å²) in [6.45, 7) is 0. The lowest BCUT2D eigenvalue weighted by Gasteiger charge is -2.08. The maximum atomic E-state index is 6.48. The lowest BCUT2D eigenvalue weighted by Crippen LogP contribution is -1.92. The van der Waals surface area contributed by atoms with Gasteiger partial charge in [0.15, 0.2) is 0 Å². The molecule has 1 atom stereocenters. The standard InChI is InChI=1S/C16H13ClO2/c1-18-13-7-4-6-12(9-13)16(17)15-10-11-5-2-3-8-14(11)19-15/h2-10,16H,1H3. The lowest BCUT2D eigenvalue weighted by atomic mass is 10.1. The van der Waals surface area contributed by atoms with Crippen LogP contribution >= 0.6 is 11.6 Å². The second-order valence-corrected chi connectivity index (χ2v) is 4.76. The first-order valence-electron chi connectivity index (χ1n) is 6.04. The van der Waals surface area contributed by atoms with Crippen LogP contribution < -0.4 is 4.74 Å². The van der Waals surface area contributed by atoms with Crippen LogP contribution in [0.15, 0.2) is 59.0 Å². The van der Waals surface area contributed by atoms with Crippen molar-refractivity contribution in [2.24, 2.45) is 0 Å². The van der Waals surface area contributed by atoms with Gasteiger partial charge in [0.25, 0.3) is 0 Å². The van der Waals surface area contributed by atoms with E-state index in [4.69, 9.17) is 20.8 Å². The third kappa shape index (κ3) is 2.32. The van der Waals surface area contributed by atoms with Crippen LogP contribution in [0.4, 0.5) is 0 Å². The fraction of sp³-hybridized carbons (Fsp3) is 0.125. The molecule has 96 valence electrons. The normalized spacial score (nSPS) is 12.5. The molecule has 0 aliphatic heterocycles. The average molecular weight is 273 g/mol. The van der Waals surface area contributed by atoms with Crippen LogP contribution in [-0.4, -0.2) is 7.11 Å². The van der Waals surface area contributed by atoms with Crippen molar-refractivity contribution >= 4 is 22.6 Å². The van der Waals surface area contributed by atoms with Gasteiger partial charge in [0.2, 0.25) is 0 Å². The molecule has 3 rings (SSSR count). The molecule has 0 bridgehead atoms. The molecule has 3 heteroatoms. The van der Waals surface area contributed by atoms with Crippen LogP contribution in [0.1, 0.15) is 16.7 Å². The Morgan fingerprint density at radius 2 is 1.89 bits per heavy atom. The van der Waals surface area contributed by atoms with E-state index in [2.05, 4.69) is 0 Å². The molecule has 3 aromatic rings. The van der Waals surface area contributed by atoms with Gasteiger partial charge in [-0.1, -0.05) is 30.3 Å². The van der Waals surface area contributed by atoms with Crippen LogP contribution in [0.5, 0.6) is 5.75 Å². The Kier molecular flexibility index (Phi) is 3.18. The smallest absolute Gasteiger partial charge is 0.134 e. The minimum Gasteiger partial charge on any atom is -0.497 e. The highest BCUT2D eigenvalue weighted by atomic mass is 35.5. The second-order valence-electron chi connectivity index (χ2n) is 4.33. The van der Waals surface area contributed by atoms with E-state index in [1.54, 1.807) is 7.11 Å². The molecule has 2 nitrogen and oxygen atoms in total. The van der Waals surface area contributed by atoms with Crippen LogP contribution in [0.3, 0.4) is 0 Å². The minimum absolute atomic E-state index is 0.317. The van der Waals surface area contributed by atoms with Crippen LogP contribution in [0.2, 0.25) is 0 Å². The van der Waals surface area contributed by atoms with Gasteiger partial charge in [-0.15, -0.1) is 11.6 Å². The van der Waals surface area contributed by atoms with Gasteiger partial charge in [0, 0.05) is 5.39 Å². The van der Waals surface area contributed by atoms with Gasteiger partial charge >= 0.3 is 0 Å². The van der Waals surface area contributed by atoms with Crippen molar-refractivity contribution < 1.29 is 9.15 Å². The number of furan rings is 1. The predicted octanol–water partition coefficient (Wildman–Crippen LogP) is 4.77. The molecule has 0 amide bonds. The molecule has 0 aliphatic carbocycles. The molecule has 0 saturated heterocycles. The van der Waals surface area contributed by atoms with Crippen molar-refractivity contribution in [3.63, 3.8) is 0 Å². The van der Waals surface area contributed by atoms with E-state index in [9.17, 15) is 0 Å². The molecular weight excluding hydrogens is 260 g/mol. The Labute approximate surface area is 116 Å². The van der Waals surface area contributed by atoms with Gasteiger partial charge < -0.3 is 9.15 Å². The molecular formula is C16H13ClO2. The number of methoxy groups -OCH3 is 1. The lowest BCUT2D eigenvalue weighted by molar-refractivity contribution is 0.414. The summed E-state index contributed by atoms with van der Waals surface area (Å²) in [5.74, 6) is 1.54. The highest BCUT2D eigenvalue weighted by molar-refractivity contribution is 6.22. The molecule has 0 spiro atoms. The molecule has 0 saturated carbocycles. The van der Waals surface area contributed by atoms with Crippen LogP contribution in [-0.2, 0) is 0 Å². The van der Waals surface area contributed by atoms with E-state index in [1.165, 1.54) is 0 Å². The minimum atomic E-state index is -0.317. The zero-order valence-electron chi connectivity index (χ0n) is 10.5. The van der Waals surface area contributed by atoms with Crippen molar-refractivity contribution in [1.29, 1.82) is 0 Å². The summed E-state index contributed by atoms with van der Waals surface area (Å²) in [5, 5.41) is 0.744. The van der Waals surface area contributed by atoms with Crippen LogP contribution in [0.25, 0.3) is 11.0 Å².